The molecule has 0 spiro atoms. The number of rotatable bonds is 3. The van der Waals surface area contributed by atoms with E-state index in [1.165, 1.54) is 0 Å². The van der Waals surface area contributed by atoms with Crippen LogP contribution in [0.4, 0.5) is 0 Å². The fourth-order valence-electron chi connectivity index (χ4n) is 2.76. The summed E-state index contributed by atoms with van der Waals surface area (Å²) in [5, 5.41) is 13.4. The van der Waals surface area contributed by atoms with E-state index in [0.717, 1.165) is 26.0 Å². The second kappa shape index (κ2) is 4.23. The molecule has 17 heavy (non-hydrogen) atoms. The average molecular weight is 240 g/mol. The van der Waals surface area contributed by atoms with Crippen LogP contribution in [-0.4, -0.2) is 60.4 Å². The minimum Gasteiger partial charge on any atom is -0.386 e. The van der Waals surface area contributed by atoms with Gasteiger partial charge in [-0.3, -0.25) is 4.79 Å². The summed E-state index contributed by atoms with van der Waals surface area (Å²) in [5.41, 5.74) is -0.563. The maximum absolute atomic E-state index is 11.9. The van der Waals surface area contributed by atoms with Crippen LogP contribution in [0.1, 0.15) is 19.3 Å². The molecule has 3 rings (SSSR count). The van der Waals surface area contributed by atoms with E-state index in [4.69, 9.17) is 4.74 Å². The van der Waals surface area contributed by atoms with Gasteiger partial charge in [-0.15, -0.1) is 0 Å². The van der Waals surface area contributed by atoms with Gasteiger partial charge in [0.05, 0.1) is 26.3 Å². The predicted molar refractivity (Wildman–Crippen MR) is 61.5 cm³/mol. The Morgan fingerprint density at radius 1 is 1.47 bits per heavy atom. The molecule has 5 heteroatoms. The minimum absolute atomic E-state index is 0.137. The Balaban J connectivity index is 1.44. The molecule has 1 atom stereocenters. The number of ether oxygens (including phenoxy) is 1. The number of aliphatic hydroxyl groups is 1. The zero-order chi connectivity index (χ0) is 11.9. The van der Waals surface area contributed by atoms with Crippen LogP contribution in [-0.2, 0) is 9.53 Å². The van der Waals surface area contributed by atoms with Gasteiger partial charge in [-0.1, -0.05) is 0 Å². The van der Waals surface area contributed by atoms with Crippen molar-refractivity contribution in [3.63, 3.8) is 0 Å². The molecule has 96 valence electrons. The van der Waals surface area contributed by atoms with Crippen molar-refractivity contribution in [1.82, 2.24) is 10.2 Å². The molecule has 0 bridgehead atoms. The largest absolute Gasteiger partial charge is 0.386 e. The Hall–Kier alpha value is -0.650. The zero-order valence-corrected chi connectivity index (χ0v) is 10.0. The van der Waals surface area contributed by atoms with Crippen LogP contribution in [0.25, 0.3) is 0 Å². The Morgan fingerprint density at radius 2 is 2.24 bits per heavy atom. The summed E-state index contributed by atoms with van der Waals surface area (Å²) in [5.74, 6) is 0.584. The molecule has 2 heterocycles. The topological polar surface area (TPSA) is 61.8 Å². The molecule has 1 aliphatic carbocycles. The van der Waals surface area contributed by atoms with Crippen molar-refractivity contribution >= 4 is 5.91 Å². The summed E-state index contributed by atoms with van der Waals surface area (Å²) in [6, 6.07) is 0.144. The molecule has 2 saturated heterocycles. The quantitative estimate of drug-likeness (QED) is 0.688. The van der Waals surface area contributed by atoms with Crippen LogP contribution in [0.2, 0.25) is 0 Å². The third-order valence-corrected chi connectivity index (χ3v) is 4.04. The van der Waals surface area contributed by atoms with Gasteiger partial charge in [0.15, 0.2) is 0 Å². The second-order valence-corrected chi connectivity index (χ2v) is 5.56. The zero-order valence-electron chi connectivity index (χ0n) is 10.0. The highest BCUT2D eigenvalue weighted by atomic mass is 16.5. The highest BCUT2D eigenvalue weighted by Crippen LogP contribution is 2.44. The van der Waals surface area contributed by atoms with E-state index in [9.17, 15) is 9.90 Å². The van der Waals surface area contributed by atoms with Crippen LogP contribution < -0.4 is 5.32 Å². The van der Waals surface area contributed by atoms with Crippen molar-refractivity contribution < 1.29 is 14.6 Å². The summed E-state index contributed by atoms with van der Waals surface area (Å²) >= 11 is 0. The van der Waals surface area contributed by atoms with Crippen molar-refractivity contribution in [1.29, 1.82) is 0 Å². The maximum Gasteiger partial charge on any atom is 0.224 e. The highest BCUT2D eigenvalue weighted by Gasteiger charge is 2.53. The number of hydrogen-bond acceptors (Lipinski definition) is 4. The second-order valence-electron chi connectivity index (χ2n) is 5.56. The van der Waals surface area contributed by atoms with Crippen molar-refractivity contribution in [3.05, 3.63) is 0 Å². The fourth-order valence-corrected chi connectivity index (χ4v) is 2.76. The molecule has 3 fully saturated rings. The van der Waals surface area contributed by atoms with E-state index >= 15 is 0 Å². The van der Waals surface area contributed by atoms with Crippen LogP contribution in [0.15, 0.2) is 0 Å². The van der Waals surface area contributed by atoms with E-state index in [1.807, 2.05) is 0 Å². The lowest BCUT2D eigenvalue weighted by molar-refractivity contribution is -0.160. The Kier molecular flexibility index (Phi) is 2.84. The first-order valence-corrected chi connectivity index (χ1v) is 6.49. The first-order valence-electron chi connectivity index (χ1n) is 6.49. The van der Waals surface area contributed by atoms with Gasteiger partial charge < -0.3 is 20.1 Å². The molecule has 0 aromatic carbocycles. The molecule has 5 nitrogen and oxygen atoms in total. The molecule has 0 radical (unpaired) electrons. The number of β-amino-alcohol motifs (C(OH)–C–C–N with tert-alkyl or cyclic N) is 1. The van der Waals surface area contributed by atoms with Gasteiger partial charge >= 0.3 is 0 Å². The lowest BCUT2D eigenvalue weighted by Crippen LogP contribution is -2.65. The number of morpholine rings is 1. The third-order valence-electron chi connectivity index (χ3n) is 4.04. The summed E-state index contributed by atoms with van der Waals surface area (Å²) in [6.45, 7) is 3.24. The van der Waals surface area contributed by atoms with Crippen molar-refractivity contribution in [2.24, 2.45) is 5.92 Å². The number of carbonyl (C=O) groups excluding carboxylic acids is 1. The molecular formula is C12H20N2O3. The summed E-state index contributed by atoms with van der Waals surface area (Å²) in [6.07, 6.45) is 2.73. The van der Waals surface area contributed by atoms with Crippen molar-refractivity contribution in [2.45, 2.75) is 30.9 Å². The standard InChI is InChI=1S/C12H20N2O3/c15-11(5-10-6-17-4-3-13-10)14-7-12(16,8-14)9-1-2-9/h9-10,13,16H,1-8H2. The van der Waals surface area contributed by atoms with Crippen LogP contribution in [0.5, 0.6) is 0 Å². The van der Waals surface area contributed by atoms with E-state index in [1.54, 1.807) is 4.90 Å². The Morgan fingerprint density at radius 3 is 2.82 bits per heavy atom. The first-order chi connectivity index (χ1) is 8.17. The van der Waals surface area contributed by atoms with Gasteiger partial charge in [0.1, 0.15) is 5.60 Å². The monoisotopic (exact) mass is 240 g/mol. The highest BCUT2D eigenvalue weighted by molar-refractivity contribution is 5.78. The molecular weight excluding hydrogens is 220 g/mol. The average Bonchev–Trinajstić information content (AvgIpc) is 3.10. The number of carbonyl (C=O) groups is 1. The van der Waals surface area contributed by atoms with Crippen LogP contribution in [0, 0.1) is 5.92 Å². The lowest BCUT2D eigenvalue weighted by atomic mass is 9.88. The van der Waals surface area contributed by atoms with E-state index < -0.39 is 5.60 Å². The molecule has 1 saturated carbocycles. The summed E-state index contributed by atoms with van der Waals surface area (Å²) in [4.78, 5) is 13.7. The first kappa shape index (κ1) is 11.4. The van der Waals surface area contributed by atoms with E-state index in [-0.39, 0.29) is 11.9 Å². The third kappa shape index (κ3) is 2.32. The number of nitrogens with zero attached hydrogens (tertiary/aromatic N) is 1. The maximum atomic E-state index is 11.9. The minimum atomic E-state index is -0.563. The van der Waals surface area contributed by atoms with Crippen LogP contribution in [0.3, 0.4) is 0 Å². The lowest BCUT2D eigenvalue weighted by Gasteiger charge is -2.47. The fraction of sp³-hybridized carbons (Fsp3) is 0.917. The smallest absolute Gasteiger partial charge is 0.224 e. The molecule has 3 aliphatic rings. The van der Waals surface area contributed by atoms with Crippen LogP contribution >= 0.6 is 0 Å². The number of nitrogens with one attached hydrogen (secondary N) is 1. The van der Waals surface area contributed by atoms with Gasteiger partial charge in [0.25, 0.3) is 0 Å². The summed E-state index contributed by atoms with van der Waals surface area (Å²) in [7, 11) is 0. The Labute approximate surface area is 101 Å². The van der Waals surface area contributed by atoms with Gasteiger partial charge in [-0.2, -0.15) is 0 Å². The molecule has 2 N–H and O–H groups in total. The SMILES string of the molecule is O=C(CC1COCCN1)N1CC(O)(C2CC2)C1. The van der Waals surface area contributed by atoms with Gasteiger partial charge in [0.2, 0.25) is 5.91 Å². The number of amides is 1. The van der Waals surface area contributed by atoms with Gasteiger partial charge in [-0.05, 0) is 18.8 Å². The van der Waals surface area contributed by atoms with E-state index in [0.29, 0.717) is 32.0 Å². The van der Waals surface area contributed by atoms with Crippen molar-refractivity contribution in [3.8, 4) is 0 Å². The molecule has 1 unspecified atom stereocenters. The number of likely N-dealkylation sites (tertiary alicyclic amines) is 1. The normalized spacial score (nSPS) is 32.1. The van der Waals surface area contributed by atoms with Gasteiger partial charge in [-0.25, -0.2) is 0 Å². The Bertz CT molecular complexity index is 305. The van der Waals surface area contributed by atoms with E-state index in [2.05, 4.69) is 5.32 Å². The molecule has 0 aromatic heterocycles. The van der Waals surface area contributed by atoms with Crippen molar-refractivity contribution in [2.75, 3.05) is 32.8 Å². The predicted octanol–water partition coefficient (Wildman–Crippen LogP) is -0.652. The summed E-state index contributed by atoms with van der Waals surface area (Å²) < 4.78 is 5.32. The number of hydrogen-bond donors (Lipinski definition) is 2. The van der Waals surface area contributed by atoms with Gasteiger partial charge in [0, 0.05) is 19.0 Å². The molecule has 1 amide bonds. The molecule has 2 aliphatic heterocycles. The molecule has 0 aromatic rings.